The molecule has 0 aliphatic heterocycles. The molecule has 0 spiro atoms. The van der Waals surface area contributed by atoms with Crippen LogP contribution in [0.25, 0.3) is 11.0 Å². The molecule has 0 aliphatic carbocycles. The third kappa shape index (κ3) is 4.13. The van der Waals surface area contributed by atoms with Crippen molar-refractivity contribution in [1.82, 2.24) is 9.97 Å². The molecular formula is C14H22N4O. The van der Waals surface area contributed by atoms with Gasteiger partial charge in [-0.05, 0) is 44.9 Å². The number of nitrogens with two attached hydrogens (primary N) is 1. The van der Waals surface area contributed by atoms with Crippen LogP contribution in [0.1, 0.15) is 26.7 Å². The summed E-state index contributed by atoms with van der Waals surface area (Å²) >= 11 is 0. The van der Waals surface area contributed by atoms with Crippen molar-refractivity contribution in [3.8, 4) is 0 Å². The van der Waals surface area contributed by atoms with Crippen LogP contribution in [0.2, 0.25) is 0 Å². The number of nitrogens with zero attached hydrogens (tertiary/aromatic N) is 1. The minimum atomic E-state index is 0.314. The fourth-order valence-corrected chi connectivity index (χ4v) is 1.86. The highest BCUT2D eigenvalue weighted by molar-refractivity contribution is 5.80. The zero-order valence-electron chi connectivity index (χ0n) is 11.6. The Labute approximate surface area is 113 Å². The van der Waals surface area contributed by atoms with Gasteiger partial charge in [0, 0.05) is 18.8 Å². The number of nitrogen functional groups attached to an aromatic ring is 1. The number of hydrogen-bond donors (Lipinski definition) is 3. The maximum atomic E-state index is 5.73. The lowest BCUT2D eigenvalue weighted by molar-refractivity contribution is 0.0765. The summed E-state index contributed by atoms with van der Waals surface area (Å²) in [6.07, 6.45) is 2.43. The molecule has 0 saturated heterocycles. The number of rotatable bonds is 7. The van der Waals surface area contributed by atoms with Gasteiger partial charge in [0.15, 0.2) is 0 Å². The second-order valence-electron chi connectivity index (χ2n) is 4.92. The molecule has 2 aromatic rings. The van der Waals surface area contributed by atoms with Crippen LogP contribution in [0.5, 0.6) is 0 Å². The maximum Gasteiger partial charge on any atom is 0.201 e. The van der Waals surface area contributed by atoms with Crippen molar-refractivity contribution in [1.29, 1.82) is 0 Å². The monoisotopic (exact) mass is 262 g/mol. The molecule has 0 unspecified atom stereocenters. The smallest absolute Gasteiger partial charge is 0.201 e. The van der Waals surface area contributed by atoms with E-state index in [1.807, 2.05) is 18.2 Å². The molecule has 4 N–H and O–H groups in total. The molecule has 1 heterocycles. The fraction of sp³-hybridized carbons (Fsp3) is 0.500. The maximum absolute atomic E-state index is 5.73. The Balaban J connectivity index is 1.75. The first-order chi connectivity index (χ1) is 9.15. The number of anilines is 2. The van der Waals surface area contributed by atoms with Crippen LogP contribution in [0, 0.1) is 0 Å². The number of imidazole rings is 1. The molecule has 2 rings (SSSR count). The number of unbranched alkanes of at least 4 members (excludes halogenated alkanes) is 1. The van der Waals surface area contributed by atoms with Gasteiger partial charge in [-0.3, -0.25) is 0 Å². The lowest BCUT2D eigenvalue weighted by atomic mass is 10.3. The molecule has 0 aliphatic rings. The van der Waals surface area contributed by atoms with Crippen molar-refractivity contribution in [3.05, 3.63) is 18.2 Å². The Morgan fingerprint density at radius 2 is 2.21 bits per heavy atom. The molecule has 0 radical (unpaired) electrons. The largest absolute Gasteiger partial charge is 0.399 e. The van der Waals surface area contributed by atoms with Crippen LogP contribution in [-0.2, 0) is 4.74 Å². The molecule has 0 saturated carbocycles. The quantitative estimate of drug-likeness (QED) is 0.530. The molecule has 104 valence electrons. The first-order valence-electron chi connectivity index (χ1n) is 6.76. The summed E-state index contributed by atoms with van der Waals surface area (Å²) < 4.78 is 5.49. The van der Waals surface area contributed by atoms with Gasteiger partial charge in [-0.15, -0.1) is 0 Å². The number of fused-ring (bicyclic) bond motifs is 1. The zero-order chi connectivity index (χ0) is 13.7. The Kier molecular flexibility index (Phi) is 4.63. The van der Waals surface area contributed by atoms with E-state index in [0.29, 0.717) is 6.10 Å². The van der Waals surface area contributed by atoms with E-state index >= 15 is 0 Å². The number of aromatic nitrogens is 2. The Bertz CT molecular complexity index is 521. The van der Waals surface area contributed by atoms with Crippen LogP contribution in [0.4, 0.5) is 11.6 Å². The van der Waals surface area contributed by atoms with E-state index < -0.39 is 0 Å². The van der Waals surface area contributed by atoms with Crippen molar-refractivity contribution < 1.29 is 4.74 Å². The van der Waals surface area contributed by atoms with Crippen LogP contribution >= 0.6 is 0 Å². The van der Waals surface area contributed by atoms with Crippen LogP contribution in [-0.4, -0.2) is 29.2 Å². The van der Waals surface area contributed by atoms with Gasteiger partial charge in [0.1, 0.15) is 0 Å². The normalized spacial score (nSPS) is 11.3. The lowest BCUT2D eigenvalue weighted by Crippen LogP contribution is -2.07. The summed E-state index contributed by atoms with van der Waals surface area (Å²) in [5.74, 6) is 0.797. The van der Waals surface area contributed by atoms with Crippen molar-refractivity contribution in [3.63, 3.8) is 0 Å². The van der Waals surface area contributed by atoms with E-state index in [2.05, 4.69) is 29.1 Å². The number of nitrogens with one attached hydrogen (secondary N) is 2. The van der Waals surface area contributed by atoms with E-state index in [1.54, 1.807) is 0 Å². The topological polar surface area (TPSA) is 76.0 Å². The van der Waals surface area contributed by atoms with Gasteiger partial charge < -0.3 is 20.8 Å². The SMILES string of the molecule is CC(C)OCCCCNc1nc2ccc(N)cc2[nH]1. The Morgan fingerprint density at radius 1 is 1.37 bits per heavy atom. The Hall–Kier alpha value is -1.75. The predicted octanol–water partition coefficient (Wildman–Crippen LogP) is 2.76. The summed E-state index contributed by atoms with van der Waals surface area (Å²) in [5.41, 5.74) is 8.37. The van der Waals surface area contributed by atoms with E-state index in [9.17, 15) is 0 Å². The van der Waals surface area contributed by atoms with Crippen LogP contribution in [0.15, 0.2) is 18.2 Å². The summed E-state index contributed by atoms with van der Waals surface area (Å²) in [6, 6.07) is 5.67. The second kappa shape index (κ2) is 6.43. The van der Waals surface area contributed by atoms with Crippen molar-refractivity contribution in [2.24, 2.45) is 0 Å². The van der Waals surface area contributed by atoms with E-state index in [1.165, 1.54) is 0 Å². The van der Waals surface area contributed by atoms with Crippen molar-refractivity contribution >= 4 is 22.7 Å². The molecule has 5 heteroatoms. The second-order valence-corrected chi connectivity index (χ2v) is 4.92. The third-order valence-corrected chi connectivity index (χ3v) is 2.82. The highest BCUT2D eigenvalue weighted by atomic mass is 16.5. The average molecular weight is 262 g/mol. The highest BCUT2D eigenvalue weighted by Crippen LogP contribution is 2.16. The van der Waals surface area contributed by atoms with Gasteiger partial charge in [-0.1, -0.05) is 0 Å². The number of ether oxygens (including phenoxy) is 1. The average Bonchev–Trinajstić information content (AvgIpc) is 2.75. The van der Waals surface area contributed by atoms with Gasteiger partial charge >= 0.3 is 0 Å². The van der Waals surface area contributed by atoms with E-state index in [0.717, 1.165) is 48.7 Å². The van der Waals surface area contributed by atoms with Gasteiger partial charge in [0.05, 0.1) is 17.1 Å². The van der Waals surface area contributed by atoms with Crippen molar-refractivity contribution in [2.75, 3.05) is 24.2 Å². The first kappa shape index (κ1) is 13.7. The fourth-order valence-electron chi connectivity index (χ4n) is 1.86. The molecular weight excluding hydrogens is 240 g/mol. The minimum absolute atomic E-state index is 0.314. The molecule has 0 atom stereocenters. The first-order valence-corrected chi connectivity index (χ1v) is 6.76. The van der Waals surface area contributed by atoms with E-state index in [4.69, 9.17) is 10.5 Å². The summed E-state index contributed by atoms with van der Waals surface area (Å²) in [4.78, 5) is 7.66. The third-order valence-electron chi connectivity index (χ3n) is 2.82. The minimum Gasteiger partial charge on any atom is -0.399 e. The number of hydrogen-bond acceptors (Lipinski definition) is 4. The zero-order valence-corrected chi connectivity index (χ0v) is 11.6. The molecule has 0 fully saturated rings. The predicted molar refractivity (Wildman–Crippen MR) is 79.3 cm³/mol. The van der Waals surface area contributed by atoms with Gasteiger partial charge in [0.2, 0.25) is 5.95 Å². The number of benzene rings is 1. The number of H-pyrrole nitrogens is 1. The van der Waals surface area contributed by atoms with Gasteiger partial charge in [0.25, 0.3) is 0 Å². The molecule has 19 heavy (non-hydrogen) atoms. The Morgan fingerprint density at radius 3 is 3.00 bits per heavy atom. The highest BCUT2D eigenvalue weighted by Gasteiger charge is 2.02. The lowest BCUT2D eigenvalue weighted by Gasteiger charge is -2.07. The van der Waals surface area contributed by atoms with E-state index in [-0.39, 0.29) is 0 Å². The molecule has 0 bridgehead atoms. The molecule has 5 nitrogen and oxygen atoms in total. The molecule has 1 aromatic carbocycles. The summed E-state index contributed by atoms with van der Waals surface area (Å²) in [5, 5.41) is 3.28. The van der Waals surface area contributed by atoms with Crippen LogP contribution < -0.4 is 11.1 Å². The summed E-state index contributed by atoms with van der Waals surface area (Å²) in [6.45, 7) is 5.81. The van der Waals surface area contributed by atoms with Crippen molar-refractivity contribution in [2.45, 2.75) is 32.8 Å². The van der Waals surface area contributed by atoms with Gasteiger partial charge in [-0.25, -0.2) is 4.98 Å². The van der Waals surface area contributed by atoms with Gasteiger partial charge in [-0.2, -0.15) is 0 Å². The molecule has 1 aromatic heterocycles. The standard InChI is InChI=1S/C14H22N4O/c1-10(2)19-8-4-3-7-16-14-17-12-6-5-11(15)9-13(12)18-14/h5-6,9-10H,3-4,7-8,15H2,1-2H3,(H2,16,17,18). The molecule has 0 amide bonds. The van der Waals surface area contributed by atoms with Crippen LogP contribution in [0.3, 0.4) is 0 Å². The summed E-state index contributed by atoms with van der Waals surface area (Å²) in [7, 11) is 0. The number of aromatic amines is 1.